The van der Waals surface area contributed by atoms with Gasteiger partial charge in [0.05, 0.1) is 0 Å². The normalized spacial score (nSPS) is 14.5. The number of hydrogen-bond donors (Lipinski definition) is 0. The topological polar surface area (TPSA) is 61.8 Å². The summed E-state index contributed by atoms with van der Waals surface area (Å²) in [6.07, 6.45) is 0.760. The summed E-state index contributed by atoms with van der Waals surface area (Å²) in [5, 5.41) is 10.5. The number of fused-ring (bicyclic) bond motifs is 6. The third-order valence-electron chi connectivity index (χ3n) is 8.22. The van der Waals surface area contributed by atoms with Gasteiger partial charge in [-0.05, 0) is 52.3 Å². The molecule has 206 valence electrons. The lowest BCUT2D eigenvalue weighted by molar-refractivity contribution is 0.0985. The lowest BCUT2D eigenvalue weighted by atomic mass is 9.74. The fraction of sp³-hybridized carbons (Fsp3) is 0.344. The van der Waals surface area contributed by atoms with Gasteiger partial charge in [-0.3, -0.25) is 9.69 Å². The van der Waals surface area contributed by atoms with E-state index in [0.29, 0.717) is 10.7 Å². The first-order valence-electron chi connectivity index (χ1n) is 14.2. The molecule has 0 unspecified atom stereocenters. The summed E-state index contributed by atoms with van der Waals surface area (Å²) < 4.78 is 6.76. The number of rotatable bonds is 8. The third kappa shape index (κ3) is 3.73. The second-order valence-corrected chi connectivity index (χ2v) is 11.1. The average Bonchev–Trinajstić information content (AvgIpc) is 3.55. The molecule has 4 aromatic rings. The van der Waals surface area contributed by atoms with Crippen molar-refractivity contribution in [2.75, 3.05) is 40.9 Å². The Morgan fingerprint density at radius 3 is 1.88 bits per heavy atom. The van der Waals surface area contributed by atoms with Crippen molar-refractivity contribution in [3.8, 4) is 11.5 Å². The maximum Gasteiger partial charge on any atom is 0.261 e. The highest BCUT2D eigenvalue weighted by molar-refractivity contribution is 7.15. The molecule has 0 aliphatic carbocycles. The predicted molar refractivity (Wildman–Crippen MR) is 163 cm³/mol. The highest BCUT2D eigenvalue weighted by Gasteiger charge is 2.58. The molecule has 2 aliphatic rings. The van der Waals surface area contributed by atoms with Crippen LogP contribution in [0.1, 0.15) is 66.7 Å². The van der Waals surface area contributed by atoms with Crippen LogP contribution in [0.3, 0.4) is 0 Å². The maximum absolute atomic E-state index is 14.3. The third-order valence-corrected chi connectivity index (χ3v) is 9.28. The summed E-state index contributed by atoms with van der Waals surface area (Å²) in [5.41, 5.74) is 4.72. The van der Waals surface area contributed by atoms with Crippen LogP contribution in [0.5, 0.6) is 11.5 Å². The second kappa shape index (κ2) is 10.2. The molecule has 8 heteroatoms. The van der Waals surface area contributed by atoms with Crippen LogP contribution in [0.4, 0.5) is 16.5 Å². The summed E-state index contributed by atoms with van der Waals surface area (Å²) >= 11 is 1.48. The van der Waals surface area contributed by atoms with Crippen molar-refractivity contribution < 1.29 is 9.53 Å². The highest BCUT2D eigenvalue weighted by atomic mass is 32.1. The molecule has 2 aliphatic heterocycles. The van der Waals surface area contributed by atoms with Crippen molar-refractivity contribution in [1.82, 2.24) is 10.2 Å². The zero-order valence-corrected chi connectivity index (χ0v) is 24.6. The van der Waals surface area contributed by atoms with Gasteiger partial charge in [-0.25, -0.2) is 0 Å². The molecule has 0 atom stereocenters. The summed E-state index contributed by atoms with van der Waals surface area (Å²) in [4.78, 5) is 20.8. The largest absolute Gasteiger partial charge is 0.456 e. The van der Waals surface area contributed by atoms with E-state index >= 15 is 0 Å². The number of carbonyl (C=O) groups is 1. The van der Waals surface area contributed by atoms with E-state index in [1.807, 2.05) is 23.1 Å². The number of carbonyl (C=O) groups excluding carboxylic acids is 1. The molecule has 3 heterocycles. The quantitative estimate of drug-likeness (QED) is 0.238. The van der Waals surface area contributed by atoms with E-state index in [9.17, 15) is 4.79 Å². The van der Waals surface area contributed by atoms with Crippen LogP contribution in [0, 0.1) is 0 Å². The van der Waals surface area contributed by atoms with Gasteiger partial charge in [0.15, 0.2) is 0 Å². The smallest absolute Gasteiger partial charge is 0.261 e. The Morgan fingerprint density at radius 2 is 1.35 bits per heavy atom. The molecule has 1 aromatic heterocycles. The van der Waals surface area contributed by atoms with Crippen LogP contribution < -0.4 is 19.4 Å². The standard InChI is InChI=1S/C32H35N5O2S/c1-6-29-33-34-31(40-29)37-30(38)23-13-11-12-14-24(23)32(37)25-17-15-21(35(7-2)8-3)19-27(25)39-28-20-22(16-18-26(28)32)36(9-4)10-5/h11-20H,6-10H2,1-5H3. The zero-order valence-electron chi connectivity index (χ0n) is 23.8. The Morgan fingerprint density at radius 1 is 0.775 bits per heavy atom. The first kappa shape index (κ1) is 26.3. The number of aryl methyl sites for hydroxylation is 1. The fourth-order valence-corrected chi connectivity index (χ4v) is 7.07. The number of aromatic nitrogens is 2. The summed E-state index contributed by atoms with van der Waals surface area (Å²) in [6.45, 7) is 14.3. The fourth-order valence-electron chi connectivity index (χ4n) is 6.24. The molecule has 40 heavy (non-hydrogen) atoms. The lowest BCUT2D eigenvalue weighted by Gasteiger charge is -2.43. The van der Waals surface area contributed by atoms with Gasteiger partial charge >= 0.3 is 0 Å². The number of benzene rings is 3. The Labute approximate surface area is 240 Å². The van der Waals surface area contributed by atoms with Crippen LogP contribution in [-0.4, -0.2) is 42.3 Å². The number of ether oxygens (including phenoxy) is 1. The highest BCUT2D eigenvalue weighted by Crippen LogP contribution is 2.59. The van der Waals surface area contributed by atoms with Crippen LogP contribution in [-0.2, 0) is 12.0 Å². The molecule has 0 saturated carbocycles. The van der Waals surface area contributed by atoms with E-state index in [4.69, 9.17) is 4.74 Å². The molecule has 0 bridgehead atoms. The van der Waals surface area contributed by atoms with Crippen molar-refractivity contribution in [2.45, 2.75) is 46.6 Å². The van der Waals surface area contributed by atoms with Crippen molar-refractivity contribution >= 4 is 33.8 Å². The van der Waals surface area contributed by atoms with Crippen molar-refractivity contribution in [3.63, 3.8) is 0 Å². The zero-order chi connectivity index (χ0) is 28.0. The molecule has 0 saturated heterocycles. The Kier molecular flexibility index (Phi) is 6.74. The van der Waals surface area contributed by atoms with Gasteiger partial charge in [0.25, 0.3) is 5.91 Å². The van der Waals surface area contributed by atoms with Gasteiger partial charge < -0.3 is 14.5 Å². The average molecular weight is 554 g/mol. The Balaban J connectivity index is 1.69. The van der Waals surface area contributed by atoms with E-state index in [2.05, 4.69) is 97.1 Å². The summed E-state index contributed by atoms with van der Waals surface area (Å²) in [6, 6.07) is 20.7. The van der Waals surface area contributed by atoms with E-state index in [-0.39, 0.29) is 5.91 Å². The van der Waals surface area contributed by atoms with Gasteiger partial charge in [0.1, 0.15) is 22.0 Å². The van der Waals surface area contributed by atoms with Gasteiger partial charge in [0, 0.05) is 71.9 Å². The van der Waals surface area contributed by atoms with Crippen molar-refractivity contribution in [3.05, 3.63) is 87.9 Å². The van der Waals surface area contributed by atoms with Gasteiger partial charge in [-0.15, -0.1) is 10.2 Å². The molecule has 0 radical (unpaired) electrons. The monoisotopic (exact) mass is 553 g/mol. The number of anilines is 3. The summed E-state index contributed by atoms with van der Waals surface area (Å²) in [5.74, 6) is 1.43. The Bertz CT molecular complexity index is 1510. The maximum atomic E-state index is 14.3. The molecule has 1 spiro atoms. The minimum Gasteiger partial charge on any atom is -0.456 e. The predicted octanol–water partition coefficient (Wildman–Crippen LogP) is 6.85. The molecule has 6 rings (SSSR count). The molecule has 0 N–H and O–H groups in total. The van der Waals surface area contributed by atoms with Gasteiger partial charge in [-0.2, -0.15) is 0 Å². The number of amides is 1. The van der Waals surface area contributed by atoms with Gasteiger partial charge in [-0.1, -0.05) is 48.6 Å². The number of hydrogen-bond acceptors (Lipinski definition) is 7. The Hall–Kier alpha value is -3.91. The molecule has 1 amide bonds. The van der Waals surface area contributed by atoms with Crippen LogP contribution >= 0.6 is 11.3 Å². The van der Waals surface area contributed by atoms with Gasteiger partial charge in [0.2, 0.25) is 5.13 Å². The van der Waals surface area contributed by atoms with E-state index < -0.39 is 5.54 Å². The SMILES string of the molecule is CCc1nnc(N2C(=O)c3ccccc3C23c2ccc(N(CC)CC)cc2Oc2cc(N(CC)CC)ccc23)s1. The second-order valence-electron chi connectivity index (χ2n) is 10.0. The first-order chi connectivity index (χ1) is 19.5. The molecule has 0 fully saturated rings. The van der Waals surface area contributed by atoms with Crippen LogP contribution in [0.15, 0.2) is 60.7 Å². The van der Waals surface area contributed by atoms with E-state index in [1.165, 1.54) is 11.3 Å². The summed E-state index contributed by atoms with van der Waals surface area (Å²) in [7, 11) is 0. The van der Waals surface area contributed by atoms with Crippen LogP contribution in [0.25, 0.3) is 0 Å². The van der Waals surface area contributed by atoms with Crippen LogP contribution in [0.2, 0.25) is 0 Å². The van der Waals surface area contributed by atoms with Crippen molar-refractivity contribution in [2.24, 2.45) is 0 Å². The molecule has 3 aromatic carbocycles. The minimum absolute atomic E-state index is 0.0751. The molecular formula is C32H35N5O2S. The van der Waals surface area contributed by atoms with Crippen molar-refractivity contribution in [1.29, 1.82) is 0 Å². The minimum atomic E-state index is -0.940. The molecular weight excluding hydrogens is 518 g/mol. The first-order valence-corrected chi connectivity index (χ1v) is 15.1. The number of nitrogens with zero attached hydrogens (tertiary/aromatic N) is 5. The van der Waals surface area contributed by atoms with E-state index in [1.54, 1.807) is 0 Å². The lowest BCUT2D eigenvalue weighted by Crippen LogP contribution is -2.47. The molecule has 7 nitrogen and oxygen atoms in total. The van der Waals surface area contributed by atoms with E-state index in [0.717, 1.165) is 77.2 Å².